The molecule has 1 aromatic rings. The van der Waals surface area contributed by atoms with E-state index in [1.54, 1.807) is 6.08 Å². The Labute approximate surface area is 124 Å². The summed E-state index contributed by atoms with van der Waals surface area (Å²) in [7, 11) is 0. The van der Waals surface area contributed by atoms with E-state index in [2.05, 4.69) is 12.2 Å². The zero-order chi connectivity index (χ0) is 14.6. The van der Waals surface area contributed by atoms with Crippen LogP contribution in [0.25, 0.3) is 5.57 Å². The molecule has 0 saturated heterocycles. The topological polar surface area (TPSA) is 34.1 Å². The number of rotatable bonds is 1. The summed E-state index contributed by atoms with van der Waals surface area (Å²) < 4.78 is 0. The van der Waals surface area contributed by atoms with Gasteiger partial charge in [0, 0.05) is 17.4 Å². The van der Waals surface area contributed by atoms with E-state index in [1.165, 1.54) is 0 Å². The third-order valence-electron chi connectivity index (χ3n) is 5.29. The molecular weight excluding hydrogens is 260 g/mol. The average Bonchev–Trinajstić information content (AvgIpc) is 2.52. The van der Waals surface area contributed by atoms with Crippen molar-refractivity contribution in [2.75, 3.05) is 0 Å². The summed E-state index contributed by atoms with van der Waals surface area (Å²) >= 11 is 0. The van der Waals surface area contributed by atoms with Crippen molar-refractivity contribution in [1.82, 2.24) is 0 Å². The van der Waals surface area contributed by atoms with Crippen LogP contribution in [0, 0.1) is 30.6 Å². The van der Waals surface area contributed by atoms with E-state index in [1.807, 2.05) is 31.2 Å². The van der Waals surface area contributed by atoms with Gasteiger partial charge >= 0.3 is 0 Å². The molecule has 4 aliphatic carbocycles. The Bertz CT molecular complexity index is 678. The monoisotopic (exact) mass is 278 g/mol. The summed E-state index contributed by atoms with van der Waals surface area (Å²) in [6.45, 7) is 2.02. The van der Waals surface area contributed by atoms with Crippen molar-refractivity contribution in [2.45, 2.75) is 19.8 Å². The molecule has 0 radical (unpaired) electrons. The number of hydrogen-bond donors (Lipinski definition) is 0. The maximum atomic E-state index is 12.9. The summed E-state index contributed by atoms with van der Waals surface area (Å²) in [5.41, 5.74) is 2.65. The fourth-order valence-corrected chi connectivity index (χ4v) is 4.19. The number of allylic oxidation sites excluding steroid dienone is 4. The van der Waals surface area contributed by atoms with Gasteiger partial charge in [-0.1, -0.05) is 42.0 Å². The molecule has 0 aliphatic heterocycles. The highest BCUT2D eigenvalue weighted by Gasteiger charge is 2.50. The molecule has 0 spiro atoms. The first kappa shape index (κ1) is 12.8. The van der Waals surface area contributed by atoms with Crippen LogP contribution >= 0.6 is 0 Å². The highest BCUT2D eigenvalue weighted by atomic mass is 16.1. The van der Waals surface area contributed by atoms with Crippen LogP contribution in [-0.4, -0.2) is 11.6 Å². The summed E-state index contributed by atoms with van der Waals surface area (Å²) in [6, 6.07) is 7.88. The third-order valence-corrected chi connectivity index (χ3v) is 5.29. The molecule has 106 valence electrons. The molecule has 5 rings (SSSR count). The molecule has 4 aliphatic rings. The van der Waals surface area contributed by atoms with E-state index >= 15 is 0 Å². The number of Topliss-reactive ketones (excluding diaryl/α,β-unsaturated/α-hetero) is 1. The van der Waals surface area contributed by atoms with Gasteiger partial charge in [-0.05, 0) is 43.2 Å². The van der Waals surface area contributed by atoms with Gasteiger partial charge in [-0.15, -0.1) is 0 Å². The van der Waals surface area contributed by atoms with Gasteiger partial charge in [0.1, 0.15) is 0 Å². The van der Waals surface area contributed by atoms with Crippen molar-refractivity contribution in [2.24, 2.45) is 23.7 Å². The Balaban J connectivity index is 1.78. The molecule has 0 aromatic heterocycles. The van der Waals surface area contributed by atoms with Crippen LogP contribution in [0.3, 0.4) is 0 Å². The first-order valence-corrected chi connectivity index (χ1v) is 7.70. The Morgan fingerprint density at radius 3 is 2.14 bits per heavy atom. The smallest absolute Gasteiger partial charge is 0.168 e. The Hall–Kier alpha value is -1.96. The van der Waals surface area contributed by atoms with Crippen molar-refractivity contribution in [1.29, 1.82) is 0 Å². The SMILES string of the molecule is Cc1ccc(C2=CC(=O)C3C4C=CC(CC4)C3C2=O)cc1. The van der Waals surface area contributed by atoms with Gasteiger partial charge in [0.15, 0.2) is 11.6 Å². The van der Waals surface area contributed by atoms with E-state index in [-0.39, 0.29) is 35.2 Å². The molecule has 0 heterocycles. The second-order valence-electron chi connectivity index (χ2n) is 6.53. The normalized spacial score (nSPS) is 33.9. The van der Waals surface area contributed by atoms with Crippen LogP contribution in [0.5, 0.6) is 0 Å². The summed E-state index contributed by atoms with van der Waals surface area (Å²) in [4.78, 5) is 25.5. The van der Waals surface area contributed by atoms with Crippen LogP contribution < -0.4 is 0 Å². The quantitative estimate of drug-likeness (QED) is 0.738. The summed E-state index contributed by atoms with van der Waals surface area (Å²) in [5, 5.41) is 0. The largest absolute Gasteiger partial charge is 0.294 e. The number of ketones is 2. The molecule has 4 unspecified atom stereocenters. The van der Waals surface area contributed by atoms with E-state index in [0.717, 1.165) is 24.0 Å². The third kappa shape index (κ3) is 1.85. The molecule has 0 amide bonds. The van der Waals surface area contributed by atoms with Gasteiger partial charge in [0.2, 0.25) is 0 Å². The fraction of sp³-hybridized carbons (Fsp3) is 0.368. The van der Waals surface area contributed by atoms with Crippen molar-refractivity contribution >= 4 is 17.1 Å². The number of carbonyl (C=O) groups is 2. The molecule has 1 aromatic carbocycles. The second-order valence-corrected chi connectivity index (χ2v) is 6.53. The molecule has 21 heavy (non-hydrogen) atoms. The van der Waals surface area contributed by atoms with E-state index in [0.29, 0.717) is 5.57 Å². The predicted octanol–water partition coefficient (Wildman–Crippen LogP) is 3.36. The number of benzene rings is 1. The molecule has 2 heteroatoms. The zero-order valence-corrected chi connectivity index (χ0v) is 12.1. The second kappa shape index (κ2) is 4.52. The van der Waals surface area contributed by atoms with Crippen LogP contribution in [0.2, 0.25) is 0 Å². The van der Waals surface area contributed by atoms with Crippen molar-refractivity contribution in [3.63, 3.8) is 0 Å². The van der Waals surface area contributed by atoms with Crippen LogP contribution in [0.4, 0.5) is 0 Å². The molecule has 1 saturated carbocycles. The number of fused-ring (bicyclic) bond motifs is 1. The number of hydrogen-bond acceptors (Lipinski definition) is 2. The van der Waals surface area contributed by atoms with E-state index < -0.39 is 0 Å². The van der Waals surface area contributed by atoms with Crippen molar-refractivity contribution < 1.29 is 9.59 Å². The average molecular weight is 278 g/mol. The first-order valence-electron chi connectivity index (χ1n) is 7.70. The van der Waals surface area contributed by atoms with Gasteiger partial charge in [0.05, 0.1) is 0 Å². The van der Waals surface area contributed by atoms with Gasteiger partial charge in [-0.2, -0.15) is 0 Å². The Morgan fingerprint density at radius 1 is 0.905 bits per heavy atom. The van der Waals surface area contributed by atoms with Gasteiger partial charge in [-0.3, -0.25) is 9.59 Å². The number of aryl methyl sites for hydroxylation is 1. The summed E-state index contributed by atoms with van der Waals surface area (Å²) in [5.74, 6) is 0.618. The lowest BCUT2D eigenvalue weighted by Gasteiger charge is -2.45. The molecule has 4 atom stereocenters. The minimum Gasteiger partial charge on any atom is -0.294 e. The fourth-order valence-electron chi connectivity index (χ4n) is 4.19. The highest BCUT2D eigenvalue weighted by Crippen LogP contribution is 2.49. The summed E-state index contributed by atoms with van der Waals surface area (Å²) in [6.07, 6.45) is 8.02. The highest BCUT2D eigenvalue weighted by molar-refractivity contribution is 6.29. The Kier molecular flexibility index (Phi) is 2.75. The van der Waals surface area contributed by atoms with Crippen LogP contribution in [-0.2, 0) is 9.59 Å². The molecule has 2 bridgehead atoms. The zero-order valence-electron chi connectivity index (χ0n) is 12.1. The predicted molar refractivity (Wildman–Crippen MR) is 81.5 cm³/mol. The molecule has 0 N–H and O–H groups in total. The van der Waals surface area contributed by atoms with Crippen LogP contribution in [0.15, 0.2) is 42.5 Å². The molecule has 1 fully saturated rings. The maximum absolute atomic E-state index is 12.9. The Morgan fingerprint density at radius 2 is 1.52 bits per heavy atom. The minimum atomic E-state index is -0.123. The number of carbonyl (C=O) groups excluding carboxylic acids is 2. The van der Waals surface area contributed by atoms with Gasteiger partial charge < -0.3 is 0 Å². The standard InChI is InChI=1S/C19H18O2/c1-11-2-4-12(5-3-11)15-10-16(20)17-13-6-8-14(9-7-13)18(17)19(15)21/h2-6,8,10,13-14,17-18H,7,9H2,1H3. The van der Waals surface area contributed by atoms with E-state index in [4.69, 9.17) is 0 Å². The lowest BCUT2D eigenvalue weighted by atomic mass is 9.57. The first-order chi connectivity index (χ1) is 10.1. The lowest BCUT2D eigenvalue weighted by molar-refractivity contribution is -0.133. The van der Waals surface area contributed by atoms with Gasteiger partial charge in [-0.25, -0.2) is 0 Å². The lowest BCUT2D eigenvalue weighted by Crippen LogP contribution is -2.47. The minimum absolute atomic E-state index is 0.101. The van der Waals surface area contributed by atoms with Crippen molar-refractivity contribution in [3.8, 4) is 0 Å². The van der Waals surface area contributed by atoms with Gasteiger partial charge in [0.25, 0.3) is 0 Å². The van der Waals surface area contributed by atoms with Crippen LogP contribution in [0.1, 0.15) is 24.0 Å². The van der Waals surface area contributed by atoms with E-state index in [9.17, 15) is 9.59 Å². The molecule has 2 nitrogen and oxygen atoms in total. The van der Waals surface area contributed by atoms with Crippen molar-refractivity contribution in [3.05, 3.63) is 53.6 Å². The maximum Gasteiger partial charge on any atom is 0.168 e. The molecular formula is C19H18O2.